The highest BCUT2D eigenvalue weighted by Gasteiger charge is 2.41. The van der Waals surface area contributed by atoms with Crippen molar-refractivity contribution in [3.63, 3.8) is 0 Å². The van der Waals surface area contributed by atoms with E-state index in [1.807, 2.05) is 36.4 Å². The Balaban J connectivity index is 2.23. The van der Waals surface area contributed by atoms with Crippen molar-refractivity contribution >= 4 is 37.3 Å². The molecule has 0 unspecified atom stereocenters. The van der Waals surface area contributed by atoms with Gasteiger partial charge in [0.15, 0.2) is 0 Å². The molecule has 164 valence electrons. The van der Waals surface area contributed by atoms with Crippen molar-refractivity contribution in [1.29, 1.82) is 0 Å². The summed E-state index contributed by atoms with van der Waals surface area (Å²) in [6.45, 7) is 4.87. The molecule has 0 aromatic heterocycles. The summed E-state index contributed by atoms with van der Waals surface area (Å²) in [7, 11) is -2.18. The second-order valence-electron chi connectivity index (χ2n) is 7.97. The summed E-state index contributed by atoms with van der Waals surface area (Å²) in [6, 6.07) is 13.5. The molecule has 0 radical (unpaired) electrons. The monoisotopic (exact) mass is 494 g/mol. The molecule has 30 heavy (non-hydrogen) atoms. The number of hydrogen-bond acceptors (Lipinski definition) is 4. The maximum absolute atomic E-state index is 13.6. The zero-order chi connectivity index (χ0) is 21.8. The van der Waals surface area contributed by atoms with E-state index in [4.69, 9.17) is 4.74 Å². The minimum absolute atomic E-state index is 0.251. The second kappa shape index (κ2) is 9.71. The molecule has 7 heteroatoms. The van der Waals surface area contributed by atoms with Gasteiger partial charge in [0, 0.05) is 18.3 Å². The Labute approximate surface area is 189 Å². The molecule has 3 rings (SSSR count). The zero-order valence-electron chi connectivity index (χ0n) is 17.9. The number of halogens is 1. The summed E-state index contributed by atoms with van der Waals surface area (Å²) >= 11 is 3.54. The smallest absolute Gasteiger partial charge is 0.243 e. The van der Waals surface area contributed by atoms with Gasteiger partial charge in [-0.25, -0.2) is 13.1 Å². The van der Waals surface area contributed by atoms with Crippen LogP contribution in [0.15, 0.2) is 51.8 Å². The maximum Gasteiger partial charge on any atom is 0.243 e. The molecule has 0 saturated heterocycles. The van der Waals surface area contributed by atoms with E-state index in [1.54, 1.807) is 13.2 Å². The van der Waals surface area contributed by atoms with Gasteiger partial charge in [0.05, 0.1) is 22.8 Å². The van der Waals surface area contributed by atoms with Crippen LogP contribution in [0.4, 0.5) is 11.4 Å². The molecule has 0 saturated carbocycles. The number of rotatable bonds is 8. The van der Waals surface area contributed by atoms with E-state index < -0.39 is 15.6 Å². The first-order valence-electron chi connectivity index (χ1n) is 10.6. The first-order valence-corrected chi connectivity index (χ1v) is 12.9. The van der Waals surface area contributed by atoms with Crippen molar-refractivity contribution in [3.8, 4) is 5.75 Å². The molecular weight excluding hydrogens is 464 g/mol. The van der Waals surface area contributed by atoms with Gasteiger partial charge in [-0.15, -0.1) is 0 Å². The Hall–Kier alpha value is -1.57. The number of anilines is 2. The summed E-state index contributed by atoms with van der Waals surface area (Å²) in [4.78, 5) is 2.39. The van der Waals surface area contributed by atoms with Crippen LogP contribution in [0.1, 0.15) is 52.4 Å². The molecule has 0 aliphatic carbocycles. The van der Waals surface area contributed by atoms with E-state index >= 15 is 0 Å². The Bertz CT molecular complexity index is 956. The fourth-order valence-corrected chi connectivity index (χ4v) is 6.27. The fourth-order valence-electron chi connectivity index (χ4n) is 4.12. The van der Waals surface area contributed by atoms with Gasteiger partial charge in [-0.1, -0.05) is 57.7 Å². The number of benzene rings is 2. The van der Waals surface area contributed by atoms with E-state index in [-0.39, 0.29) is 4.90 Å². The van der Waals surface area contributed by atoms with Crippen molar-refractivity contribution in [3.05, 3.63) is 46.9 Å². The molecule has 0 bridgehead atoms. The highest BCUT2D eigenvalue weighted by atomic mass is 79.9. The van der Waals surface area contributed by atoms with Gasteiger partial charge in [0.2, 0.25) is 10.0 Å². The number of nitrogens with one attached hydrogen (secondary N) is 1. The number of methoxy groups -OCH3 is 1. The minimum atomic E-state index is -3.73. The van der Waals surface area contributed by atoms with Crippen LogP contribution < -0.4 is 14.4 Å². The van der Waals surface area contributed by atoms with Crippen LogP contribution in [-0.4, -0.2) is 27.6 Å². The predicted octanol–water partition coefficient (Wildman–Crippen LogP) is 6.01. The molecular formula is C23H31BrN2O3S. The van der Waals surface area contributed by atoms with Crippen molar-refractivity contribution in [1.82, 2.24) is 4.72 Å². The third-order valence-electron chi connectivity index (χ3n) is 5.71. The van der Waals surface area contributed by atoms with Crippen LogP contribution in [-0.2, 0) is 10.0 Å². The predicted molar refractivity (Wildman–Crippen MR) is 126 cm³/mol. The van der Waals surface area contributed by atoms with Crippen molar-refractivity contribution in [2.24, 2.45) is 0 Å². The first-order chi connectivity index (χ1) is 14.4. The number of nitrogens with zero attached hydrogens (tertiary/aromatic N) is 1. The summed E-state index contributed by atoms with van der Waals surface area (Å²) < 4.78 is 36.4. The Morgan fingerprint density at radius 3 is 2.30 bits per heavy atom. The van der Waals surface area contributed by atoms with Gasteiger partial charge in [-0.2, -0.15) is 0 Å². The molecule has 1 aliphatic rings. The van der Waals surface area contributed by atoms with Gasteiger partial charge in [-0.05, 0) is 47.0 Å². The first kappa shape index (κ1) is 23.1. The normalized spacial score (nSPS) is 17.3. The number of fused-ring (bicyclic) bond motifs is 1. The number of sulfonamides is 1. The highest BCUT2D eigenvalue weighted by Crippen LogP contribution is 2.43. The lowest BCUT2D eigenvalue weighted by Gasteiger charge is -2.37. The largest absolute Gasteiger partial charge is 0.496 e. The topological polar surface area (TPSA) is 58.6 Å². The van der Waals surface area contributed by atoms with Crippen molar-refractivity contribution in [2.45, 2.75) is 62.8 Å². The fraction of sp³-hybridized carbons (Fsp3) is 0.478. The van der Waals surface area contributed by atoms with E-state index in [9.17, 15) is 8.42 Å². The van der Waals surface area contributed by atoms with Crippen LogP contribution in [0.2, 0.25) is 0 Å². The molecule has 1 heterocycles. The molecule has 0 spiro atoms. The van der Waals surface area contributed by atoms with Crippen LogP contribution >= 0.6 is 15.9 Å². The summed E-state index contributed by atoms with van der Waals surface area (Å²) in [5, 5.41) is 0. The van der Waals surface area contributed by atoms with Gasteiger partial charge >= 0.3 is 0 Å². The highest BCUT2D eigenvalue weighted by molar-refractivity contribution is 9.10. The molecule has 1 N–H and O–H groups in total. The van der Waals surface area contributed by atoms with Gasteiger partial charge in [-0.3, -0.25) is 0 Å². The molecule has 0 fully saturated rings. The standard InChI is InChI=1S/C23H31BrN2O3S/c1-4-6-13-23(14-7-5-2)17-26(18-11-9-8-10-12-18)20-15-19(24)21(29-3)16-22(20)30(27,28)25-23/h8-12,15-16,25H,4-7,13-14,17H2,1-3H3. The maximum atomic E-state index is 13.6. The van der Waals surface area contributed by atoms with Crippen molar-refractivity contribution < 1.29 is 13.2 Å². The quantitative estimate of drug-likeness (QED) is 0.488. The van der Waals surface area contributed by atoms with Gasteiger partial charge in [0.25, 0.3) is 0 Å². The number of para-hydroxylation sites is 1. The van der Waals surface area contributed by atoms with Gasteiger partial charge in [0.1, 0.15) is 10.6 Å². The Morgan fingerprint density at radius 2 is 1.73 bits per heavy atom. The van der Waals surface area contributed by atoms with E-state index in [0.29, 0.717) is 18.0 Å². The SMILES string of the molecule is CCCCC1(CCCC)CN(c2ccccc2)c2cc(Br)c(OC)cc2S(=O)(=O)N1. The molecule has 0 amide bonds. The van der Waals surface area contributed by atoms with E-state index in [2.05, 4.69) is 39.4 Å². The third-order valence-corrected chi connectivity index (χ3v) is 7.94. The summed E-state index contributed by atoms with van der Waals surface area (Å²) in [5.41, 5.74) is 1.11. The molecule has 0 atom stereocenters. The Morgan fingerprint density at radius 1 is 1.10 bits per heavy atom. The third kappa shape index (κ3) is 4.84. The second-order valence-corrected chi connectivity index (χ2v) is 10.5. The van der Waals surface area contributed by atoms with Crippen LogP contribution in [0.5, 0.6) is 5.75 Å². The average molecular weight is 495 g/mol. The molecule has 5 nitrogen and oxygen atoms in total. The zero-order valence-corrected chi connectivity index (χ0v) is 20.4. The Kier molecular flexibility index (Phi) is 7.47. The van der Waals surface area contributed by atoms with E-state index in [1.165, 1.54) is 0 Å². The lowest BCUT2D eigenvalue weighted by atomic mass is 9.87. The molecule has 2 aromatic rings. The number of hydrogen-bond donors (Lipinski definition) is 1. The van der Waals surface area contributed by atoms with Crippen LogP contribution in [0.3, 0.4) is 0 Å². The lowest BCUT2D eigenvalue weighted by Crippen LogP contribution is -2.53. The van der Waals surface area contributed by atoms with Gasteiger partial charge < -0.3 is 9.64 Å². The summed E-state index contributed by atoms with van der Waals surface area (Å²) in [5.74, 6) is 0.502. The lowest BCUT2D eigenvalue weighted by molar-refractivity contribution is 0.320. The number of unbranched alkanes of at least 4 members (excludes halogenated alkanes) is 2. The number of ether oxygens (including phenoxy) is 1. The summed E-state index contributed by atoms with van der Waals surface area (Å²) in [6.07, 6.45) is 5.59. The molecule has 2 aromatic carbocycles. The van der Waals surface area contributed by atoms with Crippen LogP contribution in [0, 0.1) is 0 Å². The van der Waals surface area contributed by atoms with Crippen molar-refractivity contribution in [2.75, 3.05) is 18.6 Å². The molecule has 1 aliphatic heterocycles. The minimum Gasteiger partial charge on any atom is -0.496 e. The van der Waals surface area contributed by atoms with Crippen LogP contribution in [0.25, 0.3) is 0 Å². The van der Waals surface area contributed by atoms with E-state index in [0.717, 1.165) is 48.7 Å². The average Bonchev–Trinajstić information content (AvgIpc) is 2.83.